The highest BCUT2D eigenvalue weighted by Crippen LogP contribution is 2.31. The predicted molar refractivity (Wildman–Crippen MR) is 90.9 cm³/mol. The number of benzene rings is 1. The lowest BCUT2D eigenvalue weighted by atomic mass is 10.1. The van der Waals surface area contributed by atoms with E-state index in [9.17, 15) is 0 Å². The van der Waals surface area contributed by atoms with Crippen LogP contribution in [0.15, 0.2) is 28.9 Å². The third-order valence-electron chi connectivity index (χ3n) is 3.75. The van der Waals surface area contributed by atoms with Crippen molar-refractivity contribution in [3.05, 3.63) is 34.4 Å². The molecule has 0 unspecified atom stereocenters. The first-order valence-corrected chi connectivity index (χ1v) is 8.09. The van der Waals surface area contributed by atoms with Crippen LogP contribution in [0.2, 0.25) is 0 Å². The standard InChI is InChI=1S/C16H19BrN4/c1-3-7-18-16-13(17)10-19-15(20-16)12-4-5-14-11(9-12)6-8-21(14)2/h4-5,9-10H,3,6-8H2,1-2H3,(H,18,19,20). The molecule has 0 radical (unpaired) electrons. The quantitative estimate of drug-likeness (QED) is 0.915. The zero-order valence-electron chi connectivity index (χ0n) is 12.4. The Bertz CT molecular complexity index is 657. The second-order valence-electron chi connectivity index (χ2n) is 5.33. The molecule has 1 aliphatic heterocycles. The molecule has 0 amide bonds. The van der Waals surface area contributed by atoms with Gasteiger partial charge in [-0.3, -0.25) is 0 Å². The molecule has 0 saturated heterocycles. The van der Waals surface area contributed by atoms with Gasteiger partial charge in [-0.2, -0.15) is 0 Å². The average Bonchev–Trinajstić information content (AvgIpc) is 2.87. The molecule has 0 spiro atoms. The molecule has 0 atom stereocenters. The van der Waals surface area contributed by atoms with Gasteiger partial charge < -0.3 is 10.2 Å². The van der Waals surface area contributed by atoms with E-state index < -0.39 is 0 Å². The molecular formula is C16H19BrN4. The summed E-state index contributed by atoms with van der Waals surface area (Å²) in [7, 11) is 2.13. The van der Waals surface area contributed by atoms with Gasteiger partial charge in [0, 0.05) is 37.6 Å². The van der Waals surface area contributed by atoms with Crippen LogP contribution in [0.3, 0.4) is 0 Å². The molecule has 21 heavy (non-hydrogen) atoms. The minimum absolute atomic E-state index is 0.772. The summed E-state index contributed by atoms with van der Waals surface area (Å²) in [4.78, 5) is 11.4. The first-order chi connectivity index (χ1) is 10.2. The van der Waals surface area contributed by atoms with Gasteiger partial charge in [0.2, 0.25) is 0 Å². The lowest BCUT2D eigenvalue weighted by Gasteiger charge is -2.12. The molecule has 0 bridgehead atoms. The molecule has 4 nitrogen and oxygen atoms in total. The number of nitrogens with one attached hydrogen (secondary N) is 1. The minimum atomic E-state index is 0.772. The third-order valence-corrected chi connectivity index (χ3v) is 4.33. The highest BCUT2D eigenvalue weighted by Gasteiger charge is 2.17. The fourth-order valence-corrected chi connectivity index (χ4v) is 2.91. The molecule has 1 aromatic heterocycles. The number of aromatic nitrogens is 2. The smallest absolute Gasteiger partial charge is 0.161 e. The van der Waals surface area contributed by atoms with E-state index in [0.717, 1.165) is 47.6 Å². The fraction of sp³-hybridized carbons (Fsp3) is 0.375. The largest absolute Gasteiger partial charge is 0.374 e. The summed E-state index contributed by atoms with van der Waals surface area (Å²) in [6, 6.07) is 6.49. The summed E-state index contributed by atoms with van der Waals surface area (Å²) in [6.07, 6.45) is 3.98. The van der Waals surface area contributed by atoms with E-state index in [1.165, 1.54) is 11.3 Å². The van der Waals surface area contributed by atoms with Gasteiger partial charge in [-0.15, -0.1) is 0 Å². The van der Waals surface area contributed by atoms with Crippen molar-refractivity contribution in [2.24, 2.45) is 0 Å². The van der Waals surface area contributed by atoms with Crippen molar-refractivity contribution < 1.29 is 0 Å². The van der Waals surface area contributed by atoms with E-state index in [-0.39, 0.29) is 0 Å². The highest BCUT2D eigenvalue weighted by molar-refractivity contribution is 9.10. The molecule has 5 heteroatoms. The fourth-order valence-electron chi connectivity index (χ4n) is 2.58. The van der Waals surface area contributed by atoms with Gasteiger partial charge in [0.25, 0.3) is 0 Å². The van der Waals surface area contributed by atoms with Crippen LogP contribution in [0.4, 0.5) is 11.5 Å². The third kappa shape index (κ3) is 2.88. The second kappa shape index (κ2) is 6.02. The predicted octanol–water partition coefficient (Wildman–Crippen LogP) is 3.72. The van der Waals surface area contributed by atoms with Crippen molar-refractivity contribution in [1.82, 2.24) is 9.97 Å². The number of hydrogen-bond donors (Lipinski definition) is 1. The van der Waals surface area contributed by atoms with Crippen LogP contribution in [0, 0.1) is 0 Å². The SMILES string of the molecule is CCCNc1nc(-c2ccc3c(c2)CCN3C)ncc1Br. The summed E-state index contributed by atoms with van der Waals surface area (Å²) in [5.41, 5.74) is 3.78. The Hall–Kier alpha value is -1.62. The van der Waals surface area contributed by atoms with Crippen molar-refractivity contribution in [2.75, 3.05) is 30.4 Å². The van der Waals surface area contributed by atoms with E-state index in [0.29, 0.717) is 0 Å². The Morgan fingerprint density at radius 2 is 2.24 bits per heavy atom. The van der Waals surface area contributed by atoms with Crippen molar-refractivity contribution in [3.63, 3.8) is 0 Å². The van der Waals surface area contributed by atoms with Crippen LogP contribution < -0.4 is 10.2 Å². The Kier molecular flexibility index (Phi) is 4.10. The maximum atomic E-state index is 4.64. The van der Waals surface area contributed by atoms with E-state index in [1.54, 1.807) is 0 Å². The van der Waals surface area contributed by atoms with E-state index >= 15 is 0 Å². The minimum Gasteiger partial charge on any atom is -0.374 e. The molecule has 2 aromatic rings. The van der Waals surface area contributed by atoms with Gasteiger partial charge in [0.1, 0.15) is 5.82 Å². The van der Waals surface area contributed by atoms with Gasteiger partial charge in [-0.25, -0.2) is 9.97 Å². The van der Waals surface area contributed by atoms with Crippen LogP contribution in [0.1, 0.15) is 18.9 Å². The van der Waals surface area contributed by atoms with E-state index in [4.69, 9.17) is 0 Å². The van der Waals surface area contributed by atoms with E-state index in [2.05, 4.69) is 68.3 Å². The Morgan fingerprint density at radius 3 is 3.05 bits per heavy atom. The second-order valence-corrected chi connectivity index (χ2v) is 6.19. The molecule has 3 rings (SSSR count). The maximum absolute atomic E-state index is 4.64. The zero-order chi connectivity index (χ0) is 14.8. The van der Waals surface area contributed by atoms with Crippen LogP contribution in [0.5, 0.6) is 0 Å². The van der Waals surface area contributed by atoms with Crippen LogP contribution in [0.25, 0.3) is 11.4 Å². The normalized spacial score (nSPS) is 13.4. The zero-order valence-corrected chi connectivity index (χ0v) is 13.9. The number of anilines is 2. The number of likely N-dealkylation sites (N-methyl/N-ethyl adjacent to an activating group) is 1. The van der Waals surface area contributed by atoms with Gasteiger partial charge in [-0.05, 0) is 52.5 Å². The number of hydrogen-bond acceptors (Lipinski definition) is 4. The molecule has 2 heterocycles. The molecule has 110 valence electrons. The maximum Gasteiger partial charge on any atom is 0.161 e. The van der Waals surface area contributed by atoms with Crippen LogP contribution >= 0.6 is 15.9 Å². The van der Waals surface area contributed by atoms with Crippen molar-refractivity contribution >= 4 is 27.4 Å². The topological polar surface area (TPSA) is 41.1 Å². The van der Waals surface area contributed by atoms with E-state index in [1.807, 2.05) is 6.20 Å². The summed E-state index contributed by atoms with van der Waals surface area (Å²) in [6.45, 7) is 4.13. The number of halogens is 1. The lowest BCUT2D eigenvalue weighted by Crippen LogP contribution is -2.12. The van der Waals surface area contributed by atoms with Gasteiger partial charge in [0.05, 0.1) is 4.47 Å². The molecule has 0 fully saturated rings. The van der Waals surface area contributed by atoms with Crippen molar-refractivity contribution in [2.45, 2.75) is 19.8 Å². The highest BCUT2D eigenvalue weighted by atomic mass is 79.9. The molecule has 1 aromatic carbocycles. The van der Waals surface area contributed by atoms with Gasteiger partial charge >= 0.3 is 0 Å². The van der Waals surface area contributed by atoms with Crippen molar-refractivity contribution in [1.29, 1.82) is 0 Å². The Balaban J connectivity index is 1.93. The summed E-state index contributed by atoms with van der Waals surface area (Å²) >= 11 is 3.50. The molecule has 0 aliphatic carbocycles. The summed E-state index contributed by atoms with van der Waals surface area (Å²) in [5.74, 6) is 1.63. The monoisotopic (exact) mass is 346 g/mol. The average molecular weight is 347 g/mol. The Labute approximate surface area is 133 Å². The van der Waals surface area contributed by atoms with Crippen LogP contribution in [-0.4, -0.2) is 30.1 Å². The van der Waals surface area contributed by atoms with Gasteiger partial charge in [-0.1, -0.05) is 6.92 Å². The number of nitrogens with zero attached hydrogens (tertiary/aromatic N) is 3. The van der Waals surface area contributed by atoms with Crippen molar-refractivity contribution in [3.8, 4) is 11.4 Å². The number of rotatable bonds is 4. The summed E-state index contributed by atoms with van der Waals surface area (Å²) in [5, 5.41) is 3.33. The summed E-state index contributed by atoms with van der Waals surface area (Å²) < 4.78 is 0.903. The molecular weight excluding hydrogens is 328 g/mol. The Morgan fingerprint density at radius 1 is 1.38 bits per heavy atom. The lowest BCUT2D eigenvalue weighted by molar-refractivity contribution is 0.956. The molecule has 1 aliphatic rings. The van der Waals surface area contributed by atoms with Gasteiger partial charge in [0.15, 0.2) is 5.82 Å². The first-order valence-electron chi connectivity index (χ1n) is 7.30. The first kappa shape index (κ1) is 14.3. The van der Waals surface area contributed by atoms with Crippen LogP contribution in [-0.2, 0) is 6.42 Å². The number of fused-ring (bicyclic) bond motifs is 1. The molecule has 1 N–H and O–H groups in total. The molecule has 0 saturated carbocycles.